The van der Waals surface area contributed by atoms with Crippen LogP contribution in [0.3, 0.4) is 0 Å². The molecule has 1 rings (SSSR count). The summed E-state index contributed by atoms with van der Waals surface area (Å²) in [5.41, 5.74) is 5.37. The number of ether oxygens (including phenoxy) is 2. The number of primary amides is 1. The van der Waals surface area contributed by atoms with E-state index in [1.54, 1.807) is 0 Å². The van der Waals surface area contributed by atoms with E-state index in [1.807, 2.05) is 0 Å². The summed E-state index contributed by atoms with van der Waals surface area (Å²) in [5.74, 6) is -6.57. The van der Waals surface area contributed by atoms with Crippen LogP contribution in [-0.4, -0.2) is 44.0 Å². The van der Waals surface area contributed by atoms with E-state index < -0.39 is 47.4 Å². The van der Waals surface area contributed by atoms with Crippen molar-refractivity contribution in [3.63, 3.8) is 0 Å². The van der Waals surface area contributed by atoms with Crippen LogP contribution in [0, 0.1) is 17.7 Å². The number of hydrogen-bond donors (Lipinski definition) is 2. The summed E-state index contributed by atoms with van der Waals surface area (Å²) in [6.07, 6.45) is 0. The molecule has 136 valence electrons. The van der Waals surface area contributed by atoms with E-state index in [9.17, 15) is 23.6 Å². The Hall–Kier alpha value is -2.97. The summed E-state index contributed by atoms with van der Waals surface area (Å²) in [7, 11) is 2.14. The van der Waals surface area contributed by atoms with Gasteiger partial charge in [-0.1, -0.05) is 6.92 Å². The second-order valence-electron chi connectivity index (χ2n) is 5.24. The lowest BCUT2D eigenvalue weighted by Gasteiger charge is -2.26. The maximum absolute atomic E-state index is 12.9. The lowest BCUT2D eigenvalue weighted by molar-refractivity contribution is -0.161. The van der Waals surface area contributed by atoms with Crippen LogP contribution < -0.4 is 11.1 Å². The molecule has 3 N–H and O–H groups in total. The zero-order valence-electron chi connectivity index (χ0n) is 13.9. The molecule has 0 saturated carbocycles. The van der Waals surface area contributed by atoms with Gasteiger partial charge in [-0.2, -0.15) is 0 Å². The molecule has 0 unspecified atom stereocenters. The molecule has 0 radical (unpaired) electrons. The van der Waals surface area contributed by atoms with Crippen LogP contribution in [0.15, 0.2) is 24.3 Å². The molecule has 2 atom stereocenters. The van der Waals surface area contributed by atoms with Gasteiger partial charge in [-0.25, -0.2) is 4.39 Å². The van der Waals surface area contributed by atoms with Crippen molar-refractivity contribution in [1.29, 1.82) is 0 Å². The number of carbonyl (C=O) groups excluding carboxylic acids is 4. The van der Waals surface area contributed by atoms with Gasteiger partial charge in [-0.05, 0) is 24.3 Å². The number of nitrogens with one attached hydrogen (secondary N) is 1. The molecule has 0 spiro atoms. The zero-order chi connectivity index (χ0) is 19.1. The van der Waals surface area contributed by atoms with Crippen LogP contribution in [0.1, 0.15) is 17.3 Å². The quantitative estimate of drug-likeness (QED) is 0.525. The van der Waals surface area contributed by atoms with Gasteiger partial charge in [0.15, 0.2) is 5.92 Å². The molecule has 0 heterocycles. The number of benzene rings is 1. The van der Waals surface area contributed by atoms with Crippen molar-refractivity contribution in [2.75, 3.05) is 14.2 Å². The molecule has 9 heteroatoms. The van der Waals surface area contributed by atoms with E-state index in [-0.39, 0.29) is 5.56 Å². The number of nitrogens with two attached hydrogens (primary N) is 1. The fourth-order valence-corrected chi connectivity index (χ4v) is 2.26. The van der Waals surface area contributed by atoms with Crippen molar-refractivity contribution in [2.45, 2.75) is 13.0 Å². The summed E-state index contributed by atoms with van der Waals surface area (Å²) in [4.78, 5) is 47.6. The molecule has 1 aromatic carbocycles. The standard InChI is InChI=1S/C16H19FN2O6/c1-8(11(15(22)24-2)16(23)25-3)12(13(18)20)19-14(21)9-4-6-10(17)7-5-9/h4-8,11-12H,1-3H3,(H2,18,20)(H,19,21)/t8-,12+/m0/s1. The van der Waals surface area contributed by atoms with Crippen molar-refractivity contribution >= 4 is 23.8 Å². The van der Waals surface area contributed by atoms with Gasteiger partial charge < -0.3 is 20.5 Å². The molecular formula is C16H19FN2O6. The molecule has 0 bridgehead atoms. The summed E-state index contributed by atoms with van der Waals surface area (Å²) in [6.45, 7) is 1.37. The Morgan fingerprint density at radius 1 is 1.04 bits per heavy atom. The smallest absolute Gasteiger partial charge is 0.320 e. The maximum Gasteiger partial charge on any atom is 0.320 e. The van der Waals surface area contributed by atoms with E-state index in [0.717, 1.165) is 26.4 Å². The number of hydrogen-bond acceptors (Lipinski definition) is 6. The van der Waals surface area contributed by atoms with Crippen LogP contribution in [0.4, 0.5) is 4.39 Å². The average molecular weight is 354 g/mol. The molecule has 0 aliphatic heterocycles. The van der Waals surface area contributed by atoms with Crippen molar-refractivity contribution < 1.29 is 33.0 Å². The van der Waals surface area contributed by atoms with Gasteiger partial charge in [0.05, 0.1) is 14.2 Å². The first-order chi connectivity index (χ1) is 11.7. The number of halogens is 1. The fourth-order valence-electron chi connectivity index (χ4n) is 2.26. The highest BCUT2D eigenvalue weighted by Gasteiger charge is 2.41. The largest absolute Gasteiger partial charge is 0.468 e. The van der Waals surface area contributed by atoms with E-state index >= 15 is 0 Å². The highest BCUT2D eigenvalue weighted by atomic mass is 19.1. The molecule has 1 aromatic rings. The molecule has 0 aliphatic carbocycles. The second kappa shape index (κ2) is 8.76. The highest BCUT2D eigenvalue weighted by Crippen LogP contribution is 2.20. The maximum atomic E-state index is 12.9. The van der Waals surface area contributed by atoms with E-state index in [4.69, 9.17) is 5.73 Å². The molecule has 8 nitrogen and oxygen atoms in total. The van der Waals surface area contributed by atoms with Crippen LogP contribution in [0.25, 0.3) is 0 Å². The number of rotatable bonds is 7. The zero-order valence-corrected chi connectivity index (χ0v) is 13.9. The third kappa shape index (κ3) is 5.00. The fraction of sp³-hybridized carbons (Fsp3) is 0.375. The second-order valence-corrected chi connectivity index (χ2v) is 5.24. The SMILES string of the molecule is COC(=O)C(C(=O)OC)[C@H](C)[C@@H](NC(=O)c1ccc(F)cc1)C(N)=O. The Morgan fingerprint density at radius 2 is 1.52 bits per heavy atom. The first-order valence-corrected chi connectivity index (χ1v) is 7.24. The minimum Gasteiger partial charge on any atom is -0.468 e. The van der Waals surface area contributed by atoms with Gasteiger partial charge in [-0.3, -0.25) is 19.2 Å². The Morgan fingerprint density at radius 3 is 1.92 bits per heavy atom. The molecule has 0 aliphatic rings. The number of amides is 2. The Bertz CT molecular complexity index is 645. The monoisotopic (exact) mass is 354 g/mol. The van der Waals surface area contributed by atoms with Gasteiger partial charge in [-0.15, -0.1) is 0 Å². The van der Waals surface area contributed by atoms with Gasteiger partial charge in [0.25, 0.3) is 5.91 Å². The van der Waals surface area contributed by atoms with Crippen LogP contribution in [0.2, 0.25) is 0 Å². The first-order valence-electron chi connectivity index (χ1n) is 7.24. The number of methoxy groups -OCH3 is 2. The Labute approximate surface area is 143 Å². The van der Waals surface area contributed by atoms with Crippen LogP contribution in [0.5, 0.6) is 0 Å². The summed E-state index contributed by atoms with van der Waals surface area (Å²) in [6, 6.07) is 3.21. The average Bonchev–Trinajstić information content (AvgIpc) is 2.59. The Balaban J connectivity index is 3.06. The van der Waals surface area contributed by atoms with Crippen LogP contribution in [-0.2, 0) is 23.9 Å². The van der Waals surface area contributed by atoms with E-state index in [1.165, 1.54) is 19.1 Å². The van der Waals surface area contributed by atoms with Gasteiger partial charge >= 0.3 is 11.9 Å². The number of esters is 2. The third-order valence-electron chi connectivity index (χ3n) is 3.66. The van der Waals surface area contributed by atoms with Crippen molar-refractivity contribution in [1.82, 2.24) is 5.32 Å². The summed E-state index contributed by atoms with van der Waals surface area (Å²) >= 11 is 0. The van der Waals surface area contributed by atoms with Crippen LogP contribution >= 0.6 is 0 Å². The molecule has 25 heavy (non-hydrogen) atoms. The topological polar surface area (TPSA) is 125 Å². The van der Waals surface area contributed by atoms with Crippen molar-refractivity contribution in [3.8, 4) is 0 Å². The van der Waals surface area contributed by atoms with Crippen molar-refractivity contribution in [3.05, 3.63) is 35.6 Å². The molecule has 2 amide bonds. The van der Waals surface area contributed by atoms with Gasteiger partial charge in [0.1, 0.15) is 11.9 Å². The minimum absolute atomic E-state index is 0.0764. The minimum atomic E-state index is -1.46. The predicted molar refractivity (Wildman–Crippen MR) is 83.5 cm³/mol. The molecule has 0 aromatic heterocycles. The molecular weight excluding hydrogens is 335 g/mol. The van der Waals surface area contributed by atoms with E-state index in [2.05, 4.69) is 14.8 Å². The lowest BCUT2D eigenvalue weighted by atomic mass is 9.86. The predicted octanol–water partition coefficient (Wildman–Crippen LogP) is 0.00770. The third-order valence-corrected chi connectivity index (χ3v) is 3.66. The van der Waals surface area contributed by atoms with E-state index in [0.29, 0.717) is 0 Å². The van der Waals surface area contributed by atoms with Crippen molar-refractivity contribution in [2.24, 2.45) is 17.6 Å². The first kappa shape index (κ1) is 20.1. The number of carbonyl (C=O) groups is 4. The molecule has 0 fully saturated rings. The van der Waals surface area contributed by atoms with Gasteiger partial charge in [0.2, 0.25) is 5.91 Å². The lowest BCUT2D eigenvalue weighted by Crippen LogP contribution is -2.52. The molecule has 0 saturated heterocycles. The normalized spacial score (nSPS) is 12.8. The van der Waals surface area contributed by atoms with Gasteiger partial charge in [0, 0.05) is 11.5 Å². The highest BCUT2D eigenvalue weighted by molar-refractivity contribution is 5.99. The Kier molecular flexibility index (Phi) is 7.04. The summed E-state index contributed by atoms with van der Waals surface area (Å²) < 4.78 is 22.0. The summed E-state index contributed by atoms with van der Waals surface area (Å²) in [5, 5.41) is 2.34.